The molecule has 0 fully saturated rings. The SMILES string of the molecule is c1ccc(-c2cccc(-c3cc(-c4cccc(-c5cccnc5)c4)cc(-c4cncc(-c5cc(-c6cccc(-c7cccnc7)c6)cc(-c6cccc(-c7cccnc7)c6)c5)c4)c3)c2)cc1. The van der Waals surface area contributed by atoms with E-state index in [-0.39, 0.29) is 0 Å². The number of hydrogen-bond acceptors (Lipinski definition) is 4. The smallest absolute Gasteiger partial charge is 0.0346 e. The van der Waals surface area contributed by atoms with Crippen molar-refractivity contribution in [1.29, 1.82) is 0 Å². The van der Waals surface area contributed by atoms with E-state index in [9.17, 15) is 0 Å². The van der Waals surface area contributed by atoms with Crippen LogP contribution in [0.3, 0.4) is 0 Å². The molecule has 11 aromatic rings. The van der Waals surface area contributed by atoms with Crippen LogP contribution in [0.4, 0.5) is 0 Å². The summed E-state index contributed by atoms with van der Waals surface area (Å²) >= 11 is 0. The molecule has 4 heteroatoms. The van der Waals surface area contributed by atoms with Gasteiger partial charge in [0, 0.05) is 77.4 Å². The topological polar surface area (TPSA) is 51.6 Å². The van der Waals surface area contributed by atoms with Gasteiger partial charge in [-0.25, -0.2) is 0 Å². The average molecular weight is 843 g/mol. The fourth-order valence-corrected chi connectivity index (χ4v) is 8.76. The summed E-state index contributed by atoms with van der Waals surface area (Å²) in [7, 11) is 0. The fourth-order valence-electron chi connectivity index (χ4n) is 8.76. The molecule has 66 heavy (non-hydrogen) atoms. The molecular formula is C62H42N4. The predicted octanol–water partition coefficient (Wildman–Crippen LogP) is 15.9. The molecule has 11 rings (SSSR count). The Balaban J connectivity index is 1.05. The Morgan fingerprint density at radius 2 is 0.379 bits per heavy atom. The molecule has 0 radical (unpaired) electrons. The van der Waals surface area contributed by atoms with Crippen LogP contribution in [0.25, 0.3) is 111 Å². The third-order valence-corrected chi connectivity index (χ3v) is 12.1. The molecule has 4 nitrogen and oxygen atoms in total. The lowest BCUT2D eigenvalue weighted by molar-refractivity contribution is 1.33. The van der Waals surface area contributed by atoms with Crippen molar-refractivity contribution < 1.29 is 0 Å². The zero-order valence-corrected chi connectivity index (χ0v) is 36.0. The number of benzene rings is 7. The van der Waals surface area contributed by atoms with E-state index in [4.69, 9.17) is 4.98 Å². The maximum absolute atomic E-state index is 4.94. The Labute approximate surface area is 385 Å². The average Bonchev–Trinajstić information content (AvgIpc) is 3.42. The summed E-state index contributed by atoms with van der Waals surface area (Å²) in [6.45, 7) is 0. The summed E-state index contributed by atoms with van der Waals surface area (Å²) in [4.78, 5) is 18.1. The second-order valence-corrected chi connectivity index (χ2v) is 16.5. The van der Waals surface area contributed by atoms with Crippen LogP contribution < -0.4 is 0 Å². The zero-order valence-electron chi connectivity index (χ0n) is 36.0. The van der Waals surface area contributed by atoms with Gasteiger partial charge < -0.3 is 0 Å². The molecule has 0 saturated carbocycles. The molecule has 0 unspecified atom stereocenters. The van der Waals surface area contributed by atoms with Crippen molar-refractivity contribution in [3.05, 3.63) is 256 Å². The highest BCUT2D eigenvalue weighted by Crippen LogP contribution is 2.39. The van der Waals surface area contributed by atoms with Crippen LogP contribution in [0.2, 0.25) is 0 Å². The summed E-state index contributed by atoms with van der Waals surface area (Å²) in [5, 5.41) is 0. The van der Waals surface area contributed by atoms with E-state index in [1.54, 1.807) is 0 Å². The highest BCUT2D eigenvalue weighted by atomic mass is 14.6. The Bertz CT molecular complexity index is 3030. The van der Waals surface area contributed by atoms with Crippen LogP contribution in [0.15, 0.2) is 256 Å². The van der Waals surface area contributed by atoms with Crippen LogP contribution >= 0.6 is 0 Å². The Kier molecular flexibility index (Phi) is 10.9. The third-order valence-electron chi connectivity index (χ3n) is 12.1. The molecule has 7 aromatic carbocycles. The van der Waals surface area contributed by atoms with Gasteiger partial charge in [0.2, 0.25) is 0 Å². The van der Waals surface area contributed by atoms with Crippen molar-refractivity contribution in [2.24, 2.45) is 0 Å². The number of aromatic nitrogens is 4. The minimum Gasteiger partial charge on any atom is -0.264 e. The first kappa shape index (κ1) is 40.0. The molecule has 0 spiro atoms. The van der Waals surface area contributed by atoms with E-state index in [0.717, 1.165) is 100 Å². The normalized spacial score (nSPS) is 11.0. The van der Waals surface area contributed by atoms with E-state index in [2.05, 4.69) is 203 Å². The fraction of sp³-hybridized carbons (Fsp3) is 0. The molecule has 310 valence electrons. The van der Waals surface area contributed by atoms with Crippen LogP contribution in [-0.2, 0) is 0 Å². The molecule has 4 aromatic heterocycles. The van der Waals surface area contributed by atoms with Crippen LogP contribution in [-0.4, -0.2) is 19.9 Å². The molecule has 0 amide bonds. The first-order chi connectivity index (χ1) is 32.7. The summed E-state index contributed by atoms with van der Waals surface area (Å²) < 4.78 is 0. The third kappa shape index (κ3) is 8.59. The number of nitrogens with zero attached hydrogens (tertiary/aromatic N) is 4. The standard InChI is InChI=1S/C62H42N4/c1-2-11-43(12-3-1)44-13-4-17-48(27-44)55-31-56(49-18-5-14-45(28-49)52-21-8-24-63-38-52)34-59(33-55)61-37-62(42-66-41-61)60-35-57(50-19-6-15-46(29-50)53-22-9-25-64-39-53)32-58(36-60)51-20-7-16-47(30-51)54-23-10-26-65-40-54/h1-42H. The maximum atomic E-state index is 4.94. The van der Waals surface area contributed by atoms with Gasteiger partial charge in [-0.1, -0.05) is 121 Å². The number of rotatable bonds is 10. The first-order valence-electron chi connectivity index (χ1n) is 22.1. The first-order valence-corrected chi connectivity index (χ1v) is 22.1. The Morgan fingerprint density at radius 3 is 0.697 bits per heavy atom. The second kappa shape index (κ2) is 18.1. The minimum atomic E-state index is 1.03. The second-order valence-electron chi connectivity index (χ2n) is 16.5. The van der Waals surface area contributed by atoms with E-state index < -0.39 is 0 Å². The predicted molar refractivity (Wildman–Crippen MR) is 272 cm³/mol. The van der Waals surface area contributed by atoms with Gasteiger partial charge in [-0.2, -0.15) is 0 Å². The minimum absolute atomic E-state index is 1.03. The van der Waals surface area contributed by atoms with Crippen molar-refractivity contribution in [1.82, 2.24) is 19.9 Å². The summed E-state index contributed by atoms with van der Waals surface area (Å²) in [6, 6.07) is 73.9. The lowest BCUT2D eigenvalue weighted by atomic mass is 9.90. The molecule has 4 heterocycles. The molecule has 0 N–H and O–H groups in total. The number of hydrogen-bond donors (Lipinski definition) is 0. The molecular weight excluding hydrogens is 801 g/mol. The molecule has 0 aliphatic rings. The van der Waals surface area contributed by atoms with Gasteiger partial charge in [-0.3, -0.25) is 19.9 Å². The van der Waals surface area contributed by atoms with E-state index in [0.29, 0.717) is 0 Å². The van der Waals surface area contributed by atoms with Gasteiger partial charge in [0.25, 0.3) is 0 Å². The van der Waals surface area contributed by atoms with Crippen molar-refractivity contribution in [3.63, 3.8) is 0 Å². The highest BCUT2D eigenvalue weighted by Gasteiger charge is 2.14. The zero-order chi connectivity index (χ0) is 44.1. The summed E-state index contributed by atoms with van der Waals surface area (Å²) in [5.74, 6) is 0. The van der Waals surface area contributed by atoms with Crippen LogP contribution in [0, 0.1) is 0 Å². The van der Waals surface area contributed by atoms with Gasteiger partial charge in [0.05, 0.1) is 0 Å². The van der Waals surface area contributed by atoms with Gasteiger partial charge in [0.1, 0.15) is 0 Å². The summed E-state index contributed by atoms with van der Waals surface area (Å²) in [5.41, 5.74) is 22.2. The quantitative estimate of drug-likeness (QED) is 0.138. The van der Waals surface area contributed by atoms with Gasteiger partial charge >= 0.3 is 0 Å². The van der Waals surface area contributed by atoms with E-state index in [1.807, 2.05) is 67.8 Å². The van der Waals surface area contributed by atoms with Gasteiger partial charge in [0.15, 0.2) is 0 Å². The van der Waals surface area contributed by atoms with Crippen molar-refractivity contribution in [2.45, 2.75) is 0 Å². The van der Waals surface area contributed by atoms with Crippen molar-refractivity contribution in [2.75, 3.05) is 0 Å². The van der Waals surface area contributed by atoms with Crippen LogP contribution in [0.1, 0.15) is 0 Å². The van der Waals surface area contributed by atoms with Crippen molar-refractivity contribution >= 4 is 0 Å². The van der Waals surface area contributed by atoms with Crippen LogP contribution in [0.5, 0.6) is 0 Å². The van der Waals surface area contributed by atoms with Gasteiger partial charge in [-0.15, -0.1) is 0 Å². The van der Waals surface area contributed by atoms with Crippen molar-refractivity contribution in [3.8, 4) is 111 Å². The van der Waals surface area contributed by atoms with E-state index in [1.165, 1.54) is 11.1 Å². The summed E-state index contributed by atoms with van der Waals surface area (Å²) in [6.07, 6.45) is 15.2. The lowest BCUT2D eigenvalue weighted by Gasteiger charge is -2.15. The Morgan fingerprint density at radius 1 is 0.152 bits per heavy atom. The lowest BCUT2D eigenvalue weighted by Crippen LogP contribution is -1.91. The molecule has 0 atom stereocenters. The maximum Gasteiger partial charge on any atom is 0.0346 e. The van der Waals surface area contributed by atoms with E-state index >= 15 is 0 Å². The molecule has 0 aliphatic heterocycles. The number of pyridine rings is 4. The molecule has 0 saturated heterocycles. The highest BCUT2D eigenvalue weighted by molar-refractivity contribution is 5.88. The largest absolute Gasteiger partial charge is 0.264 e. The Hall–Kier alpha value is -8.86. The van der Waals surface area contributed by atoms with Gasteiger partial charge in [-0.05, 0) is 168 Å². The monoisotopic (exact) mass is 842 g/mol. The molecule has 0 bridgehead atoms. The molecule has 0 aliphatic carbocycles.